The maximum absolute atomic E-state index is 13.2. The summed E-state index contributed by atoms with van der Waals surface area (Å²) in [7, 11) is 1.51. The number of fused-ring (bicyclic) bond motifs is 1. The largest absolute Gasteiger partial charge is 0.495 e. The van der Waals surface area contributed by atoms with Crippen LogP contribution >= 0.6 is 0 Å². The number of carbonyl (C=O) groups excluding carboxylic acids is 2. The minimum atomic E-state index is -1.22. The number of hydrogen-bond acceptors (Lipinski definition) is 7. The highest BCUT2D eigenvalue weighted by Crippen LogP contribution is 2.28. The van der Waals surface area contributed by atoms with Gasteiger partial charge in [-0.15, -0.1) is 0 Å². The Morgan fingerprint density at radius 3 is 2.50 bits per heavy atom. The van der Waals surface area contributed by atoms with E-state index >= 15 is 0 Å². The molecule has 8 heteroatoms. The molecule has 0 radical (unpaired) electrons. The van der Waals surface area contributed by atoms with E-state index in [0.29, 0.717) is 28.3 Å². The number of carbonyl (C=O) groups is 2. The van der Waals surface area contributed by atoms with Crippen LogP contribution in [0.4, 0.5) is 5.69 Å². The van der Waals surface area contributed by atoms with Gasteiger partial charge in [-0.2, -0.15) is 0 Å². The monoisotopic (exact) mass is 487 g/mol. The van der Waals surface area contributed by atoms with Crippen molar-refractivity contribution in [3.63, 3.8) is 0 Å². The Labute approximate surface area is 207 Å². The fraction of sp³-hybridized carbons (Fsp3) is 0.179. The number of amides is 1. The van der Waals surface area contributed by atoms with Gasteiger partial charge >= 0.3 is 11.6 Å². The predicted octanol–water partition coefficient (Wildman–Crippen LogP) is 4.72. The van der Waals surface area contributed by atoms with Crippen LogP contribution in [0.2, 0.25) is 0 Å². The highest BCUT2D eigenvalue weighted by molar-refractivity contribution is 5.97. The number of nitrogens with one attached hydrogen (secondary N) is 1. The third-order valence-electron chi connectivity index (χ3n) is 5.48. The van der Waals surface area contributed by atoms with Gasteiger partial charge in [0.05, 0.1) is 12.8 Å². The molecule has 0 aliphatic carbocycles. The van der Waals surface area contributed by atoms with Gasteiger partial charge in [-0.05, 0) is 49.2 Å². The van der Waals surface area contributed by atoms with E-state index in [-0.39, 0.29) is 0 Å². The zero-order valence-corrected chi connectivity index (χ0v) is 20.1. The Bertz CT molecular complexity index is 1460. The number of aryl methyl sites for hydroxylation is 2. The maximum Gasteiger partial charge on any atom is 0.345 e. The molecule has 1 amide bonds. The fourth-order valence-electron chi connectivity index (χ4n) is 3.72. The second kappa shape index (κ2) is 10.8. The van der Waals surface area contributed by atoms with Crippen molar-refractivity contribution >= 4 is 28.5 Å². The van der Waals surface area contributed by atoms with Gasteiger partial charge in [0.1, 0.15) is 17.1 Å². The van der Waals surface area contributed by atoms with E-state index in [1.807, 2.05) is 13.0 Å². The lowest BCUT2D eigenvalue weighted by molar-refractivity contribution is -0.156. The Hall–Kier alpha value is -4.59. The SMILES string of the molecule is COc1ccc(C)cc1NC(=O)C(OC(=O)COc1ccc2c(C)cc(=O)oc2c1)c1ccccc1. The molecule has 0 saturated carbocycles. The topological polar surface area (TPSA) is 104 Å². The first-order valence-electron chi connectivity index (χ1n) is 11.2. The lowest BCUT2D eigenvalue weighted by atomic mass is 10.1. The number of hydrogen-bond donors (Lipinski definition) is 1. The molecular formula is C28H25NO7. The van der Waals surface area contributed by atoms with E-state index in [1.165, 1.54) is 19.2 Å². The van der Waals surface area contributed by atoms with Crippen molar-refractivity contribution in [2.45, 2.75) is 20.0 Å². The molecule has 0 spiro atoms. The Morgan fingerprint density at radius 2 is 1.75 bits per heavy atom. The van der Waals surface area contributed by atoms with Gasteiger partial charge in [0, 0.05) is 23.1 Å². The summed E-state index contributed by atoms with van der Waals surface area (Å²) < 4.78 is 21.6. The highest BCUT2D eigenvalue weighted by atomic mass is 16.6. The summed E-state index contributed by atoms with van der Waals surface area (Å²) in [6.45, 7) is 3.24. The summed E-state index contributed by atoms with van der Waals surface area (Å²) in [5.41, 5.74) is 2.53. The van der Waals surface area contributed by atoms with E-state index in [4.69, 9.17) is 18.6 Å². The van der Waals surface area contributed by atoms with Gasteiger partial charge in [0.25, 0.3) is 5.91 Å². The number of benzene rings is 3. The molecule has 0 bridgehead atoms. The van der Waals surface area contributed by atoms with Crippen molar-refractivity contribution < 1.29 is 28.2 Å². The average molecular weight is 488 g/mol. The molecule has 3 aromatic carbocycles. The van der Waals surface area contributed by atoms with Crippen molar-refractivity contribution in [2.24, 2.45) is 0 Å². The van der Waals surface area contributed by atoms with Crippen LogP contribution in [0.1, 0.15) is 22.8 Å². The summed E-state index contributed by atoms with van der Waals surface area (Å²) in [5, 5.41) is 3.55. The Balaban J connectivity index is 1.49. The average Bonchev–Trinajstić information content (AvgIpc) is 2.86. The standard InChI is InChI=1S/C28H25NO7/c1-17-9-12-23(33-3)22(13-17)29-28(32)27(19-7-5-4-6-8-19)36-26(31)16-34-20-10-11-21-18(2)14-25(30)35-24(21)15-20/h4-15,27H,16H2,1-3H3,(H,29,32). The summed E-state index contributed by atoms with van der Waals surface area (Å²) in [5.74, 6) is -0.491. The summed E-state index contributed by atoms with van der Waals surface area (Å²) in [6.07, 6.45) is -1.22. The first-order valence-corrected chi connectivity index (χ1v) is 11.2. The predicted molar refractivity (Wildman–Crippen MR) is 134 cm³/mol. The summed E-state index contributed by atoms with van der Waals surface area (Å²) >= 11 is 0. The van der Waals surface area contributed by atoms with Crippen LogP contribution < -0.4 is 20.4 Å². The molecule has 8 nitrogen and oxygen atoms in total. The van der Waals surface area contributed by atoms with E-state index in [0.717, 1.165) is 16.5 Å². The molecule has 184 valence electrons. The molecule has 0 fully saturated rings. The smallest absolute Gasteiger partial charge is 0.345 e. The van der Waals surface area contributed by atoms with E-state index < -0.39 is 30.2 Å². The minimum Gasteiger partial charge on any atom is -0.495 e. The second-order valence-corrected chi connectivity index (χ2v) is 8.17. The first kappa shape index (κ1) is 24.5. The van der Waals surface area contributed by atoms with Crippen molar-refractivity contribution in [2.75, 3.05) is 19.0 Å². The van der Waals surface area contributed by atoms with E-state index in [2.05, 4.69) is 5.32 Å². The van der Waals surface area contributed by atoms with E-state index in [9.17, 15) is 14.4 Å². The van der Waals surface area contributed by atoms with Crippen LogP contribution in [0.5, 0.6) is 11.5 Å². The van der Waals surface area contributed by atoms with Gasteiger partial charge < -0.3 is 23.9 Å². The summed E-state index contributed by atoms with van der Waals surface area (Å²) in [4.78, 5) is 37.5. The molecule has 0 aliphatic heterocycles. The van der Waals surface area contributed by atoms with Gasteiger partial charge in [-0.25, -0.2) is 9.59 Å². The molecule has 4 rings (SSSR count). The summed E-state index contributed by atoms with van der Waals surface area (Å²) in [6, 6.07) is 20.4. The molecule has 1 unspecified atom stereocenters. The maximum atomic E-state index is 13.2. The van der Waals surface area contributed by atoms with Crippen molar-refractivity contribution in [3.05, 3.63) is 99.9 Å². The molecule has 1 heterocycles. The third-order valence-corrected chi connectivity index (χ3v) is 5.48. The molecular weight excluding hydrogens is 462 g/mol. The third kappa shape index (κ3) is 5.72. The highest BCUT2D eigenvalue weighted by Gasteiger charge is 2.26. The number of methoxy groups -OCH3 is 1. The zero-order chi connectivity index (χ0) is 25.7. The molecule has 1 aromatic heterocycles. The van der Waals surface area contributed by atoms with Crippen LogP contribution in [0.3, 0.4) is 0 Å². The lowest BCUT2D eigenvalue weighted by Gasteiger charge is -2.19. The number of esters is 1. The molecule has 1 atom stereocenters. The van der Waals surface area contributed by atoms with Crippen LogP contribution in [-0.4, -0.2) is 25.6 Å². The molecule has 0 saturated heterocycles. The number of rotatable bonds is 8. The van der Waals surface area contributed by atoms with Crippen molar-refractivity contribution in [1.82, 2.24) is 0 Å². The van der Waals surface area contributed by atoms with Gasteiger partial charge in [0.15, 0.2) is 6.61 Å². The van der Waals surface area contributed by atoms with Crippen LogP contribution in [0, 0.1) is 13.8 Å². The van der Waals surface area contributed by atoms with Crippen LogP contribution in [0.25, 0.3) is 11.0 Å². The zero-order valence-electron chi connectivity index (χ0n) is 20.1. The van der Waals surface area contributed by atoms with Crippen molar-refractivity contribution in [1.29, 1.82) is 0 Å². The van der Waals surface area contributed by atoms with Crippen LogP contribution in [0.15, 0.2) is 82.0 Å². The molecule has 1 N–H and O–H groups in total. The molecule has 0 aliphatic rings. The minimum absolute atomic E-state index is 0.318. The second-order valence-electron chi connectivity index (χ2n) is 8.17. The molecule has 36 heavy (non-hydrogen) atoms. The van der Waals surface area contributed by atoms with Crippen molar-refractivity contribution in [3.8, 4) is 11.5 Å². The van der Waals surface area contributed by atoms with Gasteiger partial charge in [-0.1, -0.05) is 36.4 Å². The van der Waals surface area contributed by atoms with E-state index in [1.54, 1.807) is 61.5 Å². The fourth-order valence-corrected chi connectivity index (χ4v) is 3.72. The molecule has 4 aromatic rings. The lowest BCUT2D eigenvalue weighted by Crippen LogP contribution is -2.28. The Kier molecular flexibility index (Phi) is 7.34. The Morgan fingerprint density at radius 1 is 0.972 bits per heavy atom. The first-order chi connectivity index (χ1) is 17.3. The number of anilines is 1. The van der Waals surface area contributed by atoms with Gasteiger partial charge in [-0.3, -0.25) is 4.79 Å². The quantitative estimate of drug-likeness (QED) is 0.283. The van der Waals surface area contributed by atoms with Gasteiger partial charge in [0.2, 0.25) is 6.10 Å². The number of ether oxygens (including phenoxy) is 3. The van der Waals surface area contributed by atoms with Crippen LogP contribution in [-0.2, 0) is 14.3 Å². The normalized spacial score (nSPS) is 11.5.